The maximum atomic E-state index is 14.6. The van der Waals surface area contributed by atoms with Crippen LogP contribution in [0.2, 0.25) is 0 Å². The van der Waals surface area contributed by atoms with Gasteiger partial charge >= 0.3 is 0 Å². The lowest BCUT2D eigenvalue weighted by molar-refractivity contribution is 0.0790. The monoisotopic (exact) mass is 505 g/mol. The molecule has 1 aliphatic carbocycles. The summed E-state index contributed by atoms with van der Waals surface area (Å²) >= 11 is 0. The fourth-order valence-electron chi connectivity index (χ4n) is 6.29. The van der Waals surface area contributed by atoms with E-state index in [9.17, 15) is 4.79 Å². The third-order valence-electron chi connectivity index (χ3n) is 8.26. The van der Waals surface area contributed by atoms with Crippen molar-refractivity contribution < 1.29 is 9.63 Å². The molecule has 0 unspecified atom stereocenters. The van der Waals surface area contributed by atoms with E-state index in [2.05, 4.69) is 45.0 Å². The standard InChI is InChI=1S/C33H35N3O2/c1-22(2)27-20-19-23(3)29-30(27)34-35(32(29)25-15-9-5-10-16-25)33(37)28-21-38-36(26-17-11-6-12-18-26)31(28)24-13-7-4-8-14-24/h4-18,22-23,27-28,31H,19-21H2,1-3H3/t23-,27+,28+,31+/m0/s1. The number of hydrogen-bond donors (Lipinski definition) is 0. The summed E-state index contributed by atoms with van der Waals surface area (Å²) in [5, 5.41) is 7.05. The molecule has 0 spiro atoms. The van der Waals surface area contributed by atoms with Gasteiger partial charge in [-0.2, -0.15) is 9.78 Å². The van der Waals surface area contributed by atoms with Gasteiger partial charge in [0.05, 0.1) is 35.6 Å². The zero-order chi connectivity index (χ0) is 26.2. The molecule has 5 nitrogen and oxygen atoms in total. The van der Waals surface area contributed by atoms with E-state index in [-0.39, 0.29) is 11.9 Å². The van der Waals surface area contributed by atoms with Crippen molar-refractivity contribution in [2.45, 2.75) is 51.5 Å². The first-order valence-electron chi connectivity index (χ1n) is 13.8. The van der Waals surface area contributed by atoms with Crippen molar-refractivity contribution in [1.82, 2.24) is 9.78 Å². The molecule has 38 heavy (non-hydrogen) atoms. The van der Waals surface area contributed by atoms with Gasteiger partial charge in [0, 0.05) is 17.0 Å². The minimum atomic E-state index is -0.408. The molecule has 3 aromatic carbocycles. The molecule has 4 aromatic rings. The third kappa shape index (κ3) is 4.25. The zero-order valence-corrected chi connectivity index (χ0v) is 22.3. The quantitative estimate of drug-likeness (QED) is 0.280. The summed E-state index contributed by atoms with van der Waals surface area (Å²) in [4.78, 5) is 20.9. The predicted octanol–water partition coefficient (Wildman–Crippen LogP) is 7.64. The Balaban J connectivity index is 1.49. The molecular formula is C33H35N3O2. The van der Waals surface area contributed by atoms with Gasteiger partial charge in [0.25, 0.3) is 5.91 Å². The van der Waals surface area contributed by atoms with Crippen LogP contribution in [0.25, 0.3) is 11.3 Å². The van der Waals surface area contributed by atoms with Gasteiger partial charge in [-0.25, -0.2) is 5.06 Å². The fourth-order valence-corrected chi connectivity index (χ4v) is 6.29. The molecule has 5 heteroatoms. The van der Waals surface area contributed by atoms with Gasteiger partial charge in [-0.05, 0) is 42.4 Å². The zero-order valence-electron chi connectivity index (χ0n) is 22.3. The first-order chi connectivity index (χ1) is 18.5. The average molecular weight is 506 g/mol. The number of nitrogens with zero attached hydrogens (tertiary/aromatic N) is 3. The maximum Gasteiger partial charge on any atom is 0.255 e. The van der Waals surface area contributed by atoms with E-state index >= 15 is 0 Å². The number of para-hydroxylation sites is 1. The molecule has 1 aliphatic heterocycles. The Kier molecular flexibility index (Phi) is 6.62. The summed E-state index contributed by atoms with van der Waals surface area (Å²) in [6.07, 6.45) is 2.21. The van der Waals surface area contributed by atoms with Crippen LogP contribution >= 0.6 is 0 Å². The summed E-state index contributed by atoms with van der Waals surface area (Å²) < 4.78 is 1.73. The third-order valence-corrected chi connectivity index (χ3v) is 8.26. The van der Waals surface area contributed by atoms with Crippen molar-refractivity contribution in [2.75, 3.05) is 11.7 Å². The summed E-state index contributed by atoms with van der Waals surface area (Å²) in [7, 11) is 0. The van der Waals surface area contributed by atoms with E-state index in [1.807, 2.05) is 71.8 Å². The lowest BCUT2D eigenvalue weighted by Crippen LogP contribution is -2.32. The Morgan fingerprint density at radius 1 is 0.895 bits per heavy atom. The number of hydrogen-bond acceptors (Lipinski definition) is 4. The second kappa shape index (κ2) is 10.2. The molecule has 1 aromatic heterocycles. The van der Waals surface area contributed by atoms with Crippen molar-refractivity contribution in [2.24, 2.45) is 11.8 Å². The predicted molar refractivity (Wildman–Crippen MR) is 151 cm³/mol. The Bertz CT molecular complexity index is 1400. The summed E-state index contributed by atoms with van der Waals surface area (Å²) in [6.45, 7) is 7.11. The second-order valence-electron chi connectivity index (χ2n) is 11.0. The minimum absolute atomic E-state index is 0.0137. The number of rotatable bonds is 5. The van der Waals surface area contributed by atoms with Crippen LogP contribution in [0.5, 0.6) is 0 Å². The molecule has 4 atom stereocenters. The number of anilines is 1. The molecule has 0 radical (unpaired) electrons. The fraction of sp³-hybridized carbons (Fsp3) is 0.333. The normalized spacial score (nSPS) is 23.0. The highest BCUT2D eigenvalue weighted by atomic mass is 16.7. The van der Waals surface area contributed by atoms with Gasteiger partial charge in [0.1, 0.15) is 0 Å². The largest absolute Gasteiger partial charge is 0.272 e. The van der Waals surface area contributed by atoms with E-state index in [1.54, 1.807) is 4.68 Å². The number of hydroxylamine groups is 1. The second-order valence-corrected chi connectivity index (χ2v) is 11.0. The number of aromatic nitrogens is 2. The molecule has 0 N–H and O–H groups in total. The van der Waals surface area contributed by atoms with E-state index in [0.717, 1.165) is 41.0 Å². The number of carbonyl (C=O) groups excluding carboxylic acids is 1. The molecule has 2 heterocycles. The van der Waals surface area contributed by atoms with E-state index < -0.39 is 5.92 Å². The SMILES string of the molecule is CC(C)[C@H]1CC[C@H](C)c2c1nn(C(=O)[C@@H]1CON(c3ccccc3)[C@@H]1c1ccccc1)c2-c1ccccc1. The highest BCUT2D eigenvalue weighted by Gasteiger charge is 2.44. The molecule has 2 aliphatic rings. The van der Waals surface area contributed by atoms with Crippen molar-refractivity contribution in [3.05, 3.63) is 108 Å². The summed E-state index contributed by atoms with van der Waals surface area (Å²) in [5.41, 5.74) is 6.33. The molecule has 6 rings (SSSR count). The lowest BCUT2D eigenvalue weighted by Gasteiger charge is -2.29. The number of fused-ring (bicyclic) bond motifs is 1. The first kappa shape index (κ1) is 24.6. The first-order valence-corrected chi connectivity index (χ1v) is 13.8. The summed E-state index contributed by atoms with van der Waals surface area (Å²) in [5.74, 6) is 0.740. The van der Waals surface area contributed by atoms with Crippen LogP contribution in [0.1, 0.15) is 73.1 Å². The minimum Gasteiger partial charge on any atom is -0.272 e. The Morgan fingerprint density at radius 3 is 2.18 bits per heavy atom. The van der Waals surface area contributed by atoms with E-state index in [0.29, 0.717) is 24.4 Å². The number of benzene rings is 3. The molecule has 0 bridgehead atoms. The molecule has 0 amide bonds. The van der Waals surface area contributed by atoms with Gasteiger partial charge in [0.15, 0.2) is 0 Å². The van der Waals surface area contributed by atoms with Crippen LogP contribution in [0.4, 0.5) is 5.69 Å². The van der Waals surface area contributed by atoms with E-state index in [1.165, 1.54) is 5.56 Å². The Labute approximate surface area is 225 Å². The Hall–Kier alpha value is -3.70. The van der Waals surface area contributed by atoms with Crippen molar-refractivity contribution in [3.8, 4) is 11.3 Å². The van der Waals surface area contributed by atoms with Crippen molar-refractivity contribution in [1.29, 1.82) is 0 Å². The molecular weight excluding hydrogens is 470 g/mol. The van der Waals surface area contributed by atoms with Crippen molar-refractivity contribution >= 4 is 11.6 Å². The Morgan fingerprint density at radius 2 is 1.53 bits per heavy atom. The maximum absolute atomic E-state index is 14.6. The van der Waals surface area contributed by atoms with Crippen LogP contribution < -0.4 is 5.06 Å². The topological polar surface area (TPSA) is 47.4 Å². The smallest absolute Gasteiger partial charge is 0.255 e. The lowest BCUT2D eigenvalue weighted by atomic mass is 9.75. The average Bonchev–Trinajstić information content (AvgIpc) is 3.58. The van der Waals surface area contributed by atoms with Gasteiger partial charge in [-0.15, -0.1) is 0 Å². The number of carbonyl (C=O) groups is 1. The van der Waals surface area contributed by atoms with Crippen LogP contribution in [0.3, 0.4) is 0 Å². The molecule has 0 saturated carbocycles. The van der Waals surface area contributed by atoms with Crippen LogP contribution in [0, 0.1) is 11.8 Å². The summed E-state index contributed by atoms with van der Waals surface area (Å²) in [6, 6.07) is 30.3. The van der Waals surface area contributed by atoms with Crippen LogP contribution in [-0.4, -0.2) is 22.3 Å². The molecule has 194 valence electrons. The van der Waals surface area contributed by atoms with Gasteiger partial charge in [-0.3, -0.25) is 9.63 Å². The van der Waals surface area contributed by atoms with Crippen molar-refractivity contribution in [3.63, 3.8) is 0 Å². The van der Waals surface area contributed by atoms with Gasteiger partial charge in [0.2, 0.25) is 0 Å². The van der Waals surface area contributed by atoms with E-state index in [4.69, 9.17) is 9.94 Å². The van der Waals surface area contributed by atoms with Gasteiger partial charge < -0.3 is 0 Å². The highest BCUT2D eigenvalue weighted by molar-refractivity contribution is 5.88. The van der Waals surface area contributed by atoms with Crippen LogP contribution in [-0.2, 0) is 4.84 Å². The van der Waals surface area contributed by atoms with Crippen LogP contribution in [0.15, 0.2) is 91.0 Å². The molecule has 1 saturated heterocycles. The molecule has 1 fully saturated rings. The van der Waals surface area contributed by atoms with Gasteiger partial charge in [-0.1, -0.05) is 99.6 Å². The highest BCUT2D eigenvalue weighted by Crippen LogP contribution is 2.47.